The van der Waals surface area contributed by atoms with Gasteiger partial charge < -0.3 is 10.1 Å². The van der Waals surface area contributed by atoms with Gasteiger partial charge in [-0.3, -0.25) is 9.59 Å². The summed E-state index contributed by atoms with van der Waals surface area (Å²) in [4.78, 5) is 28.0. The third kappa shape index (κ3) is 4.05. The van der Waals surface area contributed by atoms with Crippen molar-refractivity contribution >= 4 is 40.4 Å². The van der Waals surface area contributed by atoms with E-state index in [2.05, 4.69) is 5.32 Å². The van der Waals surface area contributed by atoms with Crippen molar-refractivity contribution in [1.82, 2.24) is 0 Å². The van der Waals surface area contributed by atoms with Gasteiger partial charge in [-0.15, -0.1) is 0 Å². The Morgan fingerprint density at radius 2 is 1.65 bits per heavy atom. The Morgan fingerprint density at radius 1 is 0.935 bits per heavy atom. The van der Waals surface area contributed by atoms with Gasteiger partial charge in [0.05, 0.1) is 17.9 Å². The lowest BCUT2D eigenvalue weighted by atomic mass is 10.0. The number of carbonyl (C=O) groups excluding carboxylic acids is 2. The van der Waals surface area contributed by atoms with Crippen molar-refractivity contribution in [3.8, 4) is 5.75 Å². The van der Waals surface area contributed by atoms with E-state index < -0.39 is 5.91 Å². The highest BCUT2D eigenvalue weighted by Crippen LogP contribution is 2.35. The van der Waals surface area contributed by atoms with Gasteiger partial charge in [0.2, 0.25) is 0 Å². The van der Waals surface area contributed by atoms with Crippen LogP contribution in [0.1, 0.15) is 18.1 Å². The molecule has 0 aliphatic carbocycles. The van der Waals surface area contributed by atoms with Crippen molar-refractivity contribution in [2.75, 3.05) is 16.8 Å². The highest BCUT2D eigenvalue weighted by Gasteiger charge is 2.40. The van der Waals surface area contributed by atoms with Crippen molar-refractivity contribution in [2.45, 2.75) is 13.8 Å². The van der Waals surface area contributed by atoms with Crippen LogP contribution < -0.4 is 15.0 Å². The van der Waals surface area contributed by atoms with Gasteiger partial charge in [-0.1, -0.05) is 41.9 Å². The molecule has 4 rings (SSSR count). The van der Waals surface area contributed by atoms with E-state index in [0.717, 1.165) is 5.56 Å². The second kappa shape index (κ2) is 8.66. The van der Waals surface area contributed by atoms with E-state index in [1.54, 1.807) is 66.7 Å². The van der Waals surface area contributed by atoms with E-state index in [1.165, 1.54) is 4.90 Å². The summed E-state index contributed by atoms with van der Waals surface area (Å²) in [5, 5.41) is 3.78. The molecule has 0 atom stereocenters. The van der Waals surface area contributed by atoms with Crippen molar-refractivity contribution in [3.05, 3.63) is 94.6 Å². The van der Waals surface area contributed by atoms with Crippen LogP contribution in [0.5, 0.6) is 5.75 Å². The molecule has 0 unspecified atom stereocenters. The third-order valence-corrected chi connectivity index (χ3v) is 5.24. The predicted octanol–water partition coefficient (Wildman–Crippen LogP) is 5.44. The molecule has 0 saturated carbocycles. The van der Waals surface area contributed by atoms with Crippen LogP contribution in [0.15, 0.2) is 78.5 Å². The number of imide groups is 1. The molecule has 3 aromatic rings. The number of hydrogen-bond acceptors (Lipinski definition) is 4. The van der Waals surface area contributed by atoms with Gasteiger partial charge in [0.25, 0.3) is 11.8 Å². The fourth-order valence-electron chi connectivity index (χ4n) is 3.51. The molecule has 0 bridgehead atoms. The maximum atomic E-state index is 13.4. The summed E-state index contributed by atoms with van der Waals surface area (Å²) in [6.07, 6.45) is 0. The number of benzene rings is 3. The lowest BCUT2D eigenvalue weighted by Crippen LogP contribution is -2.32. The molecule has 2 amide bonds. The molecule has 0 saturated heterocycles. The van der Waals surface area contributed by atoms with Crippen LogP contribution in [0.4, 0.5) is 11.4 Å². The fraction of sp³-hybridized carbons (Fsp3) is 0.120. The fourth-order valence-corrected chi connectivity index (χ4v) is 3.74. The number of para-hydroxylation sites is 1. The maximum Gasteiger partial charge on any atom is 0.282 e. The molecule has 31 heavy (non-hydrogen) atoms. The minimum absolute atomic E-state index is 0.225. The zero-order valence-corrected chi connectivity index (χ0v) is 17.9. The van der Waals surface area contributed by atoms with Gasteiger partial charge in [-0.25, -0.2) is 4.90 Å². The molecule has 1 heterocycles. The first-order valence-electron chi connectivity index (χ1n) is 9.94. The topological polar surface area (TPSA) is 58.6 Å². The molecule has 6 heteroatoms. The Kier molecular flexibility index (Phi) is 5.78. The minimum atomic E-state index is -0.408. The average Bonchev–Trinajstić information content (AvgIpc) is 3.01. The molecule has 156 valence electrons. The molecule has 0 radical (unpaired) electrons. The first-order valence-corrected chi connectivity index (χ1v) is 10.3. The van der Waals surface area contributed by atoms with Gasteiger partial charge in [-0.05, 0) is 67.4 Å². The van der Waals surface area contributed by atoms with Gasteiger partial charge in [-0.2, -0.15) is 0 Å². The van der Waals surface area contributed by atoms with Crippen LogP contribution in [-0.4, -0.2) is 18.4 Å². The molecule has 5 nitrogen and oxygen atoms in total. The van der Waals surface area contributed by atoms with Crippen molar-refractivity contribution in [2.24, 2.45) is 0 Å². The zero-order valence-electron chi connectivity index (χ0n) is 17.2. The summed E-state index contributed by atoms with van der Waals surface area (Å²) >= 11 is 6.07. The lowest BCUT2D eigenvalue weighted by molar-refractivity contribution is -0.120. The normalized spacial score (nSPS) is 13.7. The first kappa shape index (κ1) is 20.7. The quantitative estimate of drug-likeness (QED) is 0.526. The number of hydrogen-bond donors (Lipinski definition) is 1. The summed E-state index contributed by atoms with van der Waals surface area (Å²) in [6, 6.07) is 21.4. The van der Waals surface area contributed by atoms with Crippen molar-refractivity contribution < 1.29 is 14.3 Å². The van der Waals surface area contributed by atoms with Crippen molar-refractivity contribution in [3.63, 3.8) is 0 Å². The number of nitrogens with one attached hydrogen (secondary N) is 1. The Balaban J connectivity index is 1.80. The Bertz CT molecular complexity index is 1170. The van der Waals surface area contributed by atoms with E-state index in [4.69, 9.17) is 16.3 Å². The molecule has 1 aliphatic rings. The molecule has 1 aliphatic heterocycles. The Labute approximate surface area is 185 Å². The predicted molar refractivity (Wildman–Crippen MR) is 123 cm³/mol. The number of nitrogens with zero attached hydrogens (tertiary/aromatic N) is 1. The van der Waals surface area contributed by atoms with Gasteiger partial charge in [0, 0.05) is 10.7 Å². The standard InChI is InChI=1S/C25H21ClN2O3/c1-3-31-20-12-9-17(10-13-20)22-23(27-21-14-11-18(26)15-16(21)2)25(30)28(24(22)29)19-7-5-4-6-8-19/h4-15,27H,3H2,1-2H3. The first-order chi connectivity index (χ1) is 15.0. The number of aryl methyl sites for hydroxylation is 1. The lowest BCUT2D eigenvalue weighted by Gasteiger charge is -2.15. The van der Waals surface area contributed by atoms with Gasteiger partial charge >= 0.3 is 0 Å². The molecule has 0 spiro atoms. The summed E-state index contributed by atoms with van der Waals surface area (Å²) in [5.41, 5.74) is 3.26. The number of rotatable bonds is 6. The second-order valence-electron chi connectivity index (χ2n) is 7.07. The molecule has 0 fully saturated rings. The monoisotopic (exact) mass is 432 g/mol. The molecule has 1 N–H and O–H groups in total. The summed E-state index contributed by atoms with van der Waals surface area (Å²) in [6.45, 7) is 4.34. The summed E-state index contributed by atoms with van der Waals surface area (Å²) in [5.74, 6) is -0.0875. The third-order valence-electron chi connectivity index (χ3n) is 5.00. The Hall–Kier alpha value is -3.57. The number of ether oxygens (including phenoxy) is 1. The molecular formula is C25H21ClN2O3. The van der Waals surface area contributed by atoms with E-state index in [1.807, 2.05) is 19.9 Å². The van der Waals surface area contributed by atoms with E-state index >= 15 is 0 Å². The zero-order chi connectivity index (χ0) is 22.0. The highest BCUT2D eigenvalue weighted by atomic mass is 35.5. The summed E-state index contributed by atoms with van der Waals surface area (Å²) < 4.78 is 5.50. The van der Waals surface area contributed by atoms with Gasteiger partial charge in [0.15, 0.2) is 0 Å². The second-order valence-corrected chi connectivity index (χ2v) is 7.51. The Morgan fingerprint density at radius 3 is 2.29 bits per heavy atom. The minimum Gasteiger partial charge on any atom is -0.494 e. The highest BCUT2D eigenvalue weighted by molar-refractivity contribution is 6.46. The van der Waals surface area contributed by atoms with Crippen molar-refractivity contribution in [1.29, 1.82) is 0 Å². The van der Waals surface area contributed by atoms with Crippen LogP contribution in [-0.2, 0) is 9.59 Å². The SMILES string of the molecule is CCOc1ccc(C2=C(Nc3ccc(Cl)cc3C)C(=O)N(c3ccccc3)C2=O)cc1. The molecule has 0 aromatic heterocycles. The maximum absolute atomic E-state index is 13.4. The van der Waals surface area contributed by atoms with E-state index in [9.17, 15) is 9.59 Å². The number of anilines is 2. The number of carbonyl (C=O) groups is 2. The smallest absolute Gasteiger partial charge is 0.282 e. The molecule has 3 aromatic carbocycles. The van der Waals surface area contributed by atoms with Crippen LogP contribution in [0.3, 0.4) is 0 Å². The number of amides is 2. The van der Waals surface area contributed by atoms with Crippen LogP contribution in [0.25, 0.3) is 5.57 Å². The van der Waals surface area contributed by atoms with E-state index in [-0.39, 0.29) is 11.6 Å². The van der Waals surface area contributed by atoms with E-state index in [0.29, 0.717) is 39.9 Å². The largest absolute Gasteiger partial charge is 0.494 e. The van der Waals surface area contributed by atoms with Crippen LogP contribution >= 0.6 is 11.6 Å². The average molecular weight is 433 g/mol. The number of halogens is 1. The summed E-state index contributed by atoms with van der Waals surface area (Å²) in [7, 11) is 0. The van der Waals surface area contributed by atoms with Gasteiger partial charge in [0.1, 0.15) is 11.4 Å². The molecular weight excluding hydrogens is 412 g/mol. The van der Waals surface area contributed by atoms with Crippen LogP contribution in [0, 0.1) is 6.92 Å². The van der Waals surface area contributed by atoms with Crippen LogP contribution in [0.2, 0.25) is 5.02 Å².